The Hall–Kier alpha value is -1.09. The van der Waals surface area contributed by atoms with Crippen molar-refractivity contribution in [2.75, 3.05) is 23.0 Å². The molecule has 2 N–H and O–H groups in total. The fourth-order valence-electron chi connectivity index (χ4n) is 4.96. The number of aromatic hydroxyl groups is 2. The third-order valence-electron chi connectivity index (χ3n) is 6.46. The predicted molar refractivity (Wildman–Crippen MR) is 149 cm³/mol. The number of fused-ring (bicyclic) bond motifs is 6. The van der Waals surface area contributed by atoms with E-state index in [4.69, 9.17) is 9.47 Å². The van der Waals surface area contributed by atoms with Crippen LogP contribution >= 0.6 is 40.1 Å². The molecule has 13 heteroatoms. The van der Waals surface area contributed by atoms with Gasteiger partial charge in [0, 0.05) is 0 Å². The minimum atomic E-state index is -2.05. The number of phenolic OH excluding ortho intramolecular Hbond substituents is 2. The number of ether oxygens (including phenoxy) is 2. The van der Waals surface area contributed by atoms with Crippen LogP contribution in [0.5, 0.6) is 23.0 Å². The van der Waals surface area contributed by atoms with Crippen molar-refractivity contribution in [2.24, 2.45) is 0 Å². The number of rotatable bonds is 2. The van der Waals surface area contributed by atoms with Crippen LogP contribution in [0.15, 0.2) is 36.4 Å². The van der Waals surface area contributed by atoms with Crippen molar-refractivity contribution >= 4 is 79.4 Å². The third kappa shape index (κ3) is 3.57. The van der Waals surface area contributed by atoms with Crippen molar-refractivity contribution in [1.29, 1.82) is 0 Å². The number of halogens is 2. The van der Waals surface area contributed by atoms with Crippen LogP contribution in [0.4, 0.5) is 8.78 Å². The zero-order valence-corrected chi connectivity index (χ0v) is 25.7. The van der Waals surface area contributed by atoms with E-state index in [9.17, 15) is 15.0 Å². The van der Waals surface area contributed by atoms with E-state index in [-0.39, 0.29) is 22.6 Å². The summed E-state index contributed by atoms with van der Waals surface area (Å²) < 4.78 is 44.4. The van der Waals surface area contributed by atoms with Crippen molar-refractivity contribution in [2.45, 2.75) is 5.60 Å². The second-order valence-corrected chi connectivity index (χ2v) is 31.6. The Morgan fingerprint density at radius 3 is 1.78 bits per heavy atom. The van der Waals surface area contributed by atoms with Crippen LogP contribution < -0.4 is 13.4 Å². The molecule has 0 radical (unpaired) electrons. The van der Waals surface area contributed by atoms with E-state index in [1.807, 2.05) is 0 Å². The molecule has 0 aromatic heterocycles. The molecule has 37 heavy (non-hydrogen) atoms. The molecule has 3 aromatic carbocycles. The molecule has 0 saturated carbocycles. The molecule has 4 aliphatic heterocycles. The molecule has 0 aliphatic carbocycles. The van der Waals surface area contributed by atoms with Crippen molar-refractivity contribution in [3.05, 3.63) is 70.3 Å². The molecule has 2 saturated heterocycles. The Kier molecular flexibility index (Phi) is 6.22. The summed E-state index contributed by atoms with van der Waals surface area (Å²) in [5.74, 6) is 0.872. The summed E-state index contributed by atoms with van der Waals surface area (Å²) in [6.07, 6.45) is 0. The van der Waals surface area contributed by atoms with Gasteiger partial charge in [-0.2, -0.15) is 0 Å². The van der Waals surface area contributed by atoms with Gasteiger partial charge in [0.25, 0.3) is 0 Å². The minimum absolute atomic E-state index is 0.233. The van der Waals surface area contributed by atoms with Crippen LogP contribution in [0.2, 0.25) is 0 Å². The molecule has 7 rings (SSSR count). The van der Waals surface area contributed by atoms with Gasteiger partial charge in [-0.15, -0.1) is 0 Å². The van der Waals surface area contributed by atoms with Gasteiger partial charge in [0.15, 0.2) is 0 Å². The number of hydrogen-bond donors (Lipinski definition) is 2. The summed E-state index contributed by atoms with van der Waals surface area (Å²) in [6.45, 7) is 0. The van der Waals surface area contributed by atoms with Crippen LogP contribution in [0.3, 0.4) is 0 Å². The Bertz CT molecular complexity index is 1420. The maximum atomic E-state index is 15.4. The van der Waals surface area contributed by atoms with Gasteiger partial charge >= 0.3 is 235 Å². The van der Waals surface area contributed by atoms with E-state index in [2.05, 4.69) is 0 Å². The molecule has 2 fully saturated rings. The van der Waals surface area contributed by atoms with Gasteiger partial charge in [-0.1, -0.05) is 0 Å². The molecule has 5 nitrogen and oxygen atoms in total. The number of esters is 1. The average molecular weight is 700 g/mol. The molecular formula is C24H16As2F2O5S4. The monoisotopic (exact) mass is 700 g/mol. The van der Waals surface area contributed by atoms with Crippen LogP contribution in [-0.4, -0.2) is 63.9 Å². The first-order valence-corrected chi connectivity index (χ1v) is 26.0. The molecule has 0 bridgehead atoms. The van der Waals surface area contributed by atoms with Crippen LogP contribution in [-0.2, 0) is 10.3 Å². The molecule has 0 amide bonds. The summed E-state index contributed by atoms with van der Waals surface area (Å²) in [5.41, 5.74) is -0.443. The summed E-state index contributed by atoms with van der Waals surface area (Å²) in [4.78, 5) is 13.2. The Balaban J connectivity index is 1.61. The van der Waals surface area contributed by atoms with Gasteiger partial charge in [0.05, 0.1) is 0 Å². The first kappa shape index (κ1) is 24.9. The van der Waals surface area contributed by atoms with Crippen molar-refractivity contribution in [3.63, 3.8) is 0 Å². The fourth-order valence-corrected chi connectivity index (χ4v) is 34.5. The molecule has 190 valence electrons. The van der Waals surface area contributed by atoms with Gasteiger partial charge in [-0.05, 0) is 0 Å². The second-order valence-electron chi connectivity index (χ2n) is 8.43. The zero-order valence-electron chi connectivity index (χ0n) is 18.7. The summed E-state index contributed by atoms with van der Waals surface area (Å²) in [7, 11) is 6.84. The third-order valence-corrected chi connectivity index (χ3v) is 33.6. The summed E-state index contributed by atoms with van der Waals surface area (Å²) in [5, 5.41) is 21.9. The van der Waals surface area contributed by atoms with Crippen molar-refractivity contribution in [1.82, 2.24) is 0 Å². The molecule has 0 atom stereocenters. The van der Waals surface area contributed by atoms with E-state index >= 15 is 8.78 Å². The summed E-state index contributed by atoms with van der Waals surface area (Å²) in [6, 6.07) is 9.11. The number of phenols is 2. The van der Waals surface area contributed by atoms with Gasteiger partial charge < -0.3 is 0 Å². The normalized spacial score (nSPS) is 20.0. The molecule has 4 aliphatic rings. The molecule has 4 heterocycles. The first-order chi connectivity index (χ1) is 17.9. The molecular weight excluding hydrogens is 684 g/mol. The van der Waals surface area contributed by atoms with E-state index in [1.54, 1.807) is 64.4 Å². The van der Waals surface area contributed by atoms with Crippen molar-refractivity contribution < 1.29 is 33.3 Å². The fraction of sp³-hybridized carbons (Fsp3) is 0.208. The van der Waals surface area contributed by atoms with Crippen molar-refractivity contribution in [3.8, 4) is 23.0 Å². The SMILES string of the molecule is O=C1OC2(c3ccccc31)c1cc(F)c(O)c([As]3SCCS3)c1Oc1c2cc(F)c(O)c1[As]1SCCS1. The summed E-state index contributed by atoms with van der Waals surface area (Å²) >= 11 is -4.11. The maximum absolute atomic E-state index is 15.4. The van der Waals surface area contributed by atoms with Crippen LogP contribution in [0, 0.1) is 11.6 Å². The van der Waals surface area contributed by atoms with Gasteiger partial charge in [-0.25, -0.2) is 0 Å². The Morgan fingerprint density at radius 1 is 0.784 bits per heavy atom. The van der Waals surface area contributed by atoms with Crippen LogP contribution in [0.25, 0.3) is 0 Å². The average Bonchev–Trinajstić information content (AvgIpc) is 3.66. The van der Waals surface area contributed by atoms with E-state index in [0.29, 0.717) is 19.8 Å². The standard InChI is InChI=1S/C24H16As2F2O5S4/c27-15-9-13-21(17(19(15)29)25-34-5-6-35-25)32-22-14(10-16(28)20(30)18(22)26-36-7-8-37-26)24(13)12-4-2-1-3-11(12)23(31)33-24/h1-4,9-10,29-30H,5-8H2. The number of carbonyl (C=O) groups is 1. The quantitative estimate of drug-likeness (QED) is 0.301. The number of carbonyl (C=O) groups excluding carboxylic acids is 1. The number of benzene rings is 3. The van der Waals surface area contributed by atoms with Crippen LogP contribution in [0.1, 0.15) is 27.0 Å². The van der Waals surface area contributed by atoms with E-state index < -0.39 is 59.4 Å². The molecule has 0 unspecified atom stereocenters. The van der Waals surface area contributed by atoms with E-state index in [1.165, 1.54) is 0 Å². The van der Waals surface area contributed by atoms with Gasteiger partial charge in [0.1, 0.15) is 0 Å². The zero-order chi connectivity index (χ0) is 25.5. The Morgan fingerprint density at radius 2 is 1.27 bits per heavy atom. The van der Waals surface area contributed by atoms with E-state index in [0.717, 1.165) is 35.1 Å². The van der Waals surface area contributed by atoms with Gasteiger partial charge in [0.2, 0.25) is 0 Å². The first-order valence-electron chi connectivity index (χ1n) is 11.2. The predicted octanol–water partition coefficient (Wildman–Crippen LogP) is 4.29. The topological polar surface area (TPSA) is 76.0 Å². The Labute approximate surface area is 232 Å². The van der Waals surface area contributed by atoms with Gasteiger partial charge in [-0.3, -0.25) is 0 Å². The second kappa shape index (κ2) is 9.24. The molecule has 3 aromatic rings. The number of hydrogen-bond acceptors (Lipinski definition) is 9. The molecule has 1 spiro atoms.